The maximum absolute atomic E-state index is 3.66. The zero-order valence-corrected chi connectivity index (χ0v) is 11.1. The third-order valence-electron chi connectivity index (χ3n) is 3.67. The Morgan fingerprint density at radius 1 is 1.33 bits per heavy atom. The van der Waals surface area contributed by atoms with Crippen molar-refractivity contribution in [2.45, 2.75) is 39.3 Å². The van der Waals surface area contributed by atoms with Gasteiger partial charge in [-0.1, -0.05) is 20.8 Å². The molecule has 2 rings (SSSR count). The molecule has 2 aliphatic heterocycles. The fraction of sp³-hybridized carbons (Fsp3) is 1.00. The van der Waals surface area contributed by atoms with Gasteiger partial charge in [-0.05, 0) is 17.6 Å². The first-order chi connectivity index (χ1) is 7.07. The third-order valence-corrected chi connectivity index (χ3v) is 4.82. The van der Waals surface area contributed by atoms with Crippen LogP contribution in [0.2, 0.25) is 0 Å². The van der Waals surface area contributed by atoms with Gasteiger partial charge in [0.05, 0.1) is 0 Å². The van der Waals surface area contributed by atoms with Crippen LogP contribution in [0.1, 0.15) is 27.2 Å². The van der Waals surface area contributed by atoms with Gasteiger partial charge in [0.15, 0.2) is 0 Å². The normalized spacial score (nSPS) is 34.6. The molecule has 2 nitrogen and oxygen atoms in total. The van der Waals surface area contributed by atoms with Crippen LogP contribution in [0.4, 0.5) is 0 Å². The second-order valence-corrected chi connectivity index (χ2v) is 7.03. The first kappa shape index (κ1) is 11.7. The Morgan fingerprint density at radius 2 is 2.13 bits per heavy atom. The second-order valence-electron chi connectivity index (χ2n) is 5.89. The van der Waals surface area contributed by atoms with Gasteiger partial charge >= 0.3 is 0 Å². The molecule has 0 amide bonds. The molecule has 0 radical (unpaired) electrons. The van der Waals surface area contributed by atoms with Crippen molar-refractivity contribution in [2.24, 2.45) is 5.41 Å². The minimum Gasteiger partial charge on any atom is -0.311 e. The predicted octanol–water partition coefficient (Wildman–Crippen LogP) is 1.81. The lowest BCUT2D eigenvalue weighted by Gasteiger charge is -2.42. The average Bonchev–Trinajstić information content (AvgIpc) is 2.69. The van der Waals surface area contributed by atoms with Crippen molar-refractivity contribution >= 4 is 11.8 Å². The molecule has 0 aromatic heterocycles. The molecule has 1 N–H and O–H groups in total. The van der Waals surface area contributed by atoms with Gasteiger partial charge in [-0.3, -0.25) is 4.90 Å². The Balaban J connectivity index is 1.92. The van der Waals surface area contributed by atoms with E-state index in [1.54, 1.807) is 0 Å². The number of nitrogens with one attached hydrogen (secondary N) is 1. The Kier molecular flexibility index (Phi) is 3.63. The summed E-state index contributed by atoms with van der Waals surface area (Å²) in [5.41, 5.74) is 0.393. The highest BCUT2D eigenvalue weighted by Crippen LogP contribution is 2.27. The Hall–Kier alpha value is 0.270. The van der Waals surface area contributed by atoms with E-state index in [1.165, 1.54) is 37.6 Å². The Bertz CT molecular complexity index is 206. The summed E-state index contributed by atoms with van der Waals surface area (Å²) in [4.78, 5) is 2.71. The molecule has 2 saturated heterocycles. The zero-order chi connectivity index (χ0) is 10.9. The van der Waals surface area contributed by atoms with Gasteiger partial charge in [0.2, 0.25) is 0 Å². The minimum atomic E-state index is 0.393. The van der Waals surface area contributed by atoms with Crippen molar-refractivity contribution < 1.29 is 0 Å². The topological polar surface area (TPSA) is 15.3 Å². The molecule has 0 aromatic carbocycles. The fourth-order valence-corrected chi connectivity index (χ4v) is 3.75. The van der Waals surface area contributed by atoms with Crippen LogP contribution in [-0.4, -0.2) is 48.1 Å². The van der Waals surface area contributed by atoms with E-state index in [9.17, 15) is 0 Å². The number of hydrogen-bond acceptors (Lipinski definition) is 3. The molecule has 15 heavy (non-hydrogen) atoms. The first-order valence-corrected chi connectivity index (χ1v) is 7.28. The fourth-order valence-electron chi connectivity index (χ4n) is 2.49. The SMILES string of the molecule is CC(C)(C)C1CN(C2CCSC2)CCN1. The van der Waals surface area contributed by atoms with Crippen LogP contribution in [0.25, 0.3) is 0 Å². The van der Waals surface area contributed by atoms with E-state index >= 15 is 0 Å². The molecule has 2 aliphatic rings. The molecular formula is C12H24N2S. The van der Waals surface area contributed by atoms with Crippen LogP contribution in [0.3, 0.4) is 0 Å². The maximum atomic E-state index is 3.66. The van der Waals surface area contributed by atoms with Crippen molar-refractivity contribution in [3.63, 3.8) is 0 Å². The number of hydrogen-bond donors (Lipinski definition) is 1. The molecule has 88 valence electrons. The van der Waals surface area contributed by atoms with E-state index in [0.29, 0.717) is 11.5 Å². The van der Waals surface area contributed by atoms with Gasteiger partial charge < -0.3 is 5.32 Å². The predicted molar refractivity (Wildman–Crippen MR) is 68.5 cm³/mol. The van der Waals surface area contributed by atoms with Crippen LogP contribution in [0.15, 0.2) is 0 Å². The van der Waals surface area contributed by atoms with E-state index in [4.69, 9.17) is 0 Å². The van der Waals surface area contributed by atoms with Gasteiger partial charge in [0.25, 0.3) is 0 Å². The lowest BCUT2D eigenvalue weighted by molar-refractivity contribution is 0.106. The minimum absolute atomic E-state index is 0.393. The molecule has 0 bridgehead atoms. The smallest absolute Gasteiger partial charge is 0.0244 e. The summed E-state index contributed by atoms with van der Waals surface area (Å²) < 4.78 is 0. The van der Waals surface area contributed by atoms with Crippen LogP contribution < -0.4 is 5.32 Å². The van der Waals surface area contributed by atoms with Crippen molar-refractivity contribution in [3.8, 4) is 0 Å². The Labute approximate surface area is 98.2 Å². The molecule has 2 unspecified atom stereocenters. The summed E-state index contributed by atoms with van der Waals surface area (Å²) in [5.74, 6) is 2.73. The highest BCUT2D eigenvalue weighted by molar-refractivity contribution is 7.99. The van der Waals surface area contributed by atoms with Crippen molar-refractivity contribution in [1.82, 2.24) is 10.2 Å². The van der Waals surface area contributed by atoms with E-state index in [2.05, 4.69) is 42.7 Å². The molecular weight excluding hydrogens is 204 g/mol. The van der Waals surface area contributed by atoms with Gasteiger partial charge in [0.1, 0.15) is 0 Å². The molecule has 0 saturated carbocycles. The largest absolute Gasteiger partial charge is 0.311 e. The first-order valence-electron chi connectivity index (χ1n) is 6.12. The van der Waals surface area contributed by atoms with Crippen LogP contribution in [-0.2, 0) is 0 Å². The summed E-state index contributed by atoms with van der Waals surface area (Å²) >= 11 is 2.12. The summed E-state index contributed by atoms with van der Waals surface area (Å²) in [7, 11) is 0. The zero-order valence-electron chi connectivity index (χ0n) is 10.3. The molecule has 3 heteroatoms. The maximum Gasteiger partial charge on any atom is 0.0244 e. The van der Waals surface area contributed by atoms with Gasteiger partial charge in [-0.2, -0.15) is 11.8 Å². The van der Waals surface area contributed by atoms with Crippen LogP contribution >= 0.6 is 11.8 Å². The lowest BCUT2D eigenvalue weighted by atomic mass is 9.85. The highest BCUT2D eigenvalue weighted by Gasteiger charge is 2.33. The third kappa shape index (κ3) is 2.89. The number of rotatable bonds is 1. The van der Waals surface area contributed by atoms with Crippen molar-refractivity contribution in [2.75, 3.05) is 31.1 Å². The van der Waals surface area contributed by atoms with E-state index in [1.807, 2.05) is 0 Å². The number of piperazine rings is 1. The summed E-state index contributed by atoms with van der Waals surface area (Å²) in [6.45, 7) is 10.7. The van der Waals surface area contributed by atoms with E-state index in [0.717, 1.165) is 6.04 Å². The lowest BCUT2D eigenvalue weighted by Crippen LogP contribution is -2.58. The summed E-state index contributed by atoms with van der Waals surface area (Å²) in [5, 5.41) is 3.66. The van der Waals surface area contributed by atoms with E-state index < -0.39 is 0 Å². The van der Waals surface area contributed by atoms with Crippen molar-refractivity contribution in [1.29, 1.82) is 0 Å². The molecule has 2 fully saturated rings. The van der Waals surface area contributed by atoms with Gasteiger partial charge in [-0.25, -0.2) is 0 Å². The monoisotopic (exact) mass is 228 g/mol. The number of thioether (sulfide) groups is 1. The van der Waals surface area contributed by atoms with Gasteiger partial charge in [0, 0.05) is 37.5 Å². The Morgan fingerprint density at radius 3 is 2.73 bits per heavy atom. The summed E-state index contributed by atoms with van der Waals surface area (Å²) in [6, 6.07) is 1.53. The quantitative estimate of drug-likeness (QED) is 0.737. The average molecular weight is 228 g/mol. The van der Waals surface area contributed by atoms with E-state index in [-0.39, 0.29) is 0 Å². The molecule has 2 heterocycles. The molecule has 0 aliphatic carbocycles. The second kappa shape index (κ2) is 4.64. The van der Waals surface area contributed by atoms with Crippen molar-refractivity contribution in [3.05, 3.63) is 0 Å². The van der Waals surface area contributed by atoms with Crippen LogP contribution in [0, 0.1) is 5.41 Å². The van der Waals surface area contributed by atoms with Crippen LogP contribution in [0.5, 0.6) is 0 Å². The molecule has 0 spiro atoms. The number of nitrogens with zero attached hydrogens (tertiary/aromatic N) is 1. The van der Waals surface area contributed by atoms with Gasteiger partial charge in [-0.15, -0.1) is 0 Å². The molecule has 2 atom stereocenters. The standard InChI is InChI=1S/C12H24N2S/c1-12(2,3)11-8-14(6-5-13-11)10-4-7-15-9-10/h10-11,13H,4-9H2,1-3H3. The highest BCUT2D eigenvalue weighted by atomic mass is 32.2. The molecule has 0 aromatic rings. The summed E-state index contributed by atoms with van der Waals surface area (Å²) in [6.07, 6.45) is 1.40.